The second-order valence-electron chi connectivity index (χ2n) is 4.82. The second kappa shape index (κ2) is 4.61. The average molecular weight is 363 g/mol. The van der Waals surface area contributed by atoms with Crippen LogP contribution in [0.15, 0.2) is 27.1 Å². The van der Waals surface area contributed by atoms with Gasteiger partial charge in [-0.05, 0) is 49.6 Å². The molecule has 1 atom stereocenters. The number of carbonyl (C=O) groups is 1. The number of benzene rings is 1. The Morgan fingerprint density at radius 1 is 1.35 bits per heavy atom. The Labute approximate surface area is 117 Å². The molecule has 0 bridgehead atoms. The van der Waals surface area contributed by atoms with Crippen LogP contribution in [-0.4, -0.2) is 12.7 Å². The third-order valence-electron chi connectivity index (χ3n) is 2.90. The molecule has 17 heavy (non-hydrogen) atoms. The van der Waals surface area contributed by atoms with Gasteiger partial charge in [0, 0.05) is 14.4 Å². The van der Waals surface area contributed by atoms with Crippen molar-refractivity contribution in [3.8, 4) is 0 Å². The second-order valence-corrected chi connectivity index (χ2v) is 6.52. The van der Waals surface area contributed by atoms with Gasteiger partial charge in [-0.25, -0.2) is 4.79 Å². The third-order valence-corrected chi connectivity index (χ3v) is 4.78. The Morgan fingerprint density at radius 2 is 2.06 bits per heavy atom. The first-order chi connectivity index (χ1) is 7.90. The summed E-state index contributed by atoms with van der Waals surface area (Å²) in [6.45, 7) is 4.58. The summed E-state index contributed by atoms with van der Waals surface area (Å²) in [5.74, 6) is 0. The number of carbonyl (C=O) groups excluding carboxylic acids is 1. The van der Waals surface area contributed by atoms with E-state index in [-0.39, 0.29) is 17.6 Å². The summed E-state index contributed by atoms with van der Waals surface area (Å²) in [4.78, 5) is 11.3. The lowest BCUT2D eigenvalue weighted by molar-refractivity contribution is 0.0387. The monoisotopic (exact) mass is 361 g/mol. The molecule has 0 saturated carbocycles. The zero-order valence-electron chi connectivity index (χ0n) is 9.59. The van der Waals surface area contributed by atoms with E-state index in [0.29, 0.717) is 6.61 Å². The lowest BCUT2D eigenvalue weighted by Gasteiger charge is -2.38. The molecule has 1 N–H and O–H groups in total. The maximum absolute atomic E-state index is 11.3. The average Bonchev–Trinajstić information content (AvgIpc) is 2.26. The van der Waals surface area contributed by atoms with Gasteiger partial charge in [-0.1, -0.05) is 19.9 Å². The van der Waals surface area contributed by atoms with Crippen LogP contribution in [0.5, 0.6) is 0 Å². The zero-order valence-corrected chi connectivity index (χ0v) is 12.8. The minimum atomic E-state index is -0.353. The van der Waals surface area contributed by atoms with Crippen molar-refractivity contribution in [1.29, 1.82) is 0 Å². The highest BCUT2D eigenvalue weighted by Gasteiger charge is 2.37. The number of nitrogens with one attached hydrogen (secondary N) is 1. The molecule has 1 heterocycles. The molecule has 1 fully saturated rings. The van der Waals surface area contributed by atoms with E-state index < -0.39 is 0 Å². The molecular formula is C12H13Br2NO2. The first-order valence-electron chi connectivity index (χ1n) is 5.28. The first kappa shape index (κ1) is 12.9. The standard InChI is InChI=1S/C12H13Br2NO2/c1-12(2)6-17-11(16)15-10(12)7-3-4-8(13)9(14)5-7/h3-5,10H,6H2,1-2H3,(H,15,16)/t10-/m1/s1. The number of cyclic esters (lactones) is 1. The van der Waals surface area contributed by atoms with E-state index in [1.54, 1.807) is 0 Å². The van der Waals surface area contributed by atoms with Gasteiger partial charge >= 0.3 is 6.09 Å². The van der Waals surface area contributed by atoms with E-state index >= 15 is 0 Å². The Bertz CT molecular complexity index is 460. The molecule has 1 aromatic rings. The lowest BCUT2D eigenvalue weighted by Crippen LogP contribution is -2.46. The van der Waals surface area contributed by atoms with Crippen molar-refractivity contribution in [2.24, 2.45) is 5.41 Å². The molecule has 0 unspecified atom stereocenters. The minimum Gasteiger partial charge on any atom is -0.449 e. The summed E-state index contributed by atoms with van der Waals surface area (Å²) in [6, 6.07) is 5.96. The molecule has 1 amide bonds. The van der Waals surface area contributed by atoms with Gasteiger partial charge in [-0.3, -0.25) is 0 Å². The van der Waals surface area contributed by atoms with Crippen molar-refractivity contribution < 1.29 is 9.53 Å². The molecule has 0 radical (unpaired) electrons. The normalized spacial score (nSPS) is 22.8. The van der Waals surface area contributed by atoms with Gasteiger partial charge in [-0.15, -0.1) is 0 Å². The zero-order chi connectivity index (χ0) is 12.6. The molecule has 1 aliphatic rings. The minimum absolute atomic E-state index is 0.0341. The van der Waals surface area contributed by atoms with E-state index in [0.717, 1.165) is 14.5 Å². The van der Waals surface area contributed by atoms with Crippen molar-refractivity contribution in [2.45, 2.75) is 19.9 Å². The smallest absolute Gasteiger partial charge is 0.407 e. The maximum Gasteiger partial charge on any atom is 0.407 e. The fourth-order valence-corrected chi connectivity index (χ4v) is 2.56. The predicted octanol–water partition coefficient (Wildman–Crippen LogP) is 4.02. The molecular weight excluding hydrogens is 350 g/mol. The number of rotatable bonds is 1. The van der Waals surface area contributed by atoms with Crippen LogP contribution >= 0.6 is 31.9 Å². The molecule has 5 heteroatoms. The van der Waals surface area contributed by atoms with Crippen molar-refractivity contribution in [3.05, 3.63) is 32.7 Å². The number of hydrogen-bond acceptors (Lipinski definition) is 2. The summed E-state index contributed by atoms with van der Waals surface area (Å²) in [5, 5.41) is 2.87. The van der Waals surface area contributed by atoms with Crippen LogP contribution in [0.4, 0.5) is 4.79 Å². The van der Waals surface area contributed by atoms with Crippen LogP contribution in [-0.2, 0) is 4.74 Å². The number of hydrogen-bond donors (Lipinski definition) is 1. The van der Waals surface area contributed by atoms with Gasteiger partial charge in [0.2, 0.25) is 0 Å². The van der Waals surface area contributed by atoms with Crippen molar-refractivity contribution in [3.63, 3.8) is 0 Å². The summed E-state index contributed by atoms with van der Waals surface area (Å²) in [7, 11) is 0. The summed E-state index contributed by atoms with van der Waals surface area (Å²) >= 11 is 6.91. The first-order valence-corrected chi connectivity index (χ1v) is 6.87. The Hall–Kier alpha value is -0.550. The van der Waals surface area contributed by atoms with E-state index in [1.165, 1.54) is 0 Å². The molecule has 1 aromatic carbocycles. The van der Waals surface area contributed by atoms with Gasteiger partial charge < -0.3 is 10.1 Å². The largest absolute Gasteiger partial charge is 0.449 e. The quantitative estimate of drug-likeness (QED) is 0.819. The molecule has 0 spiro atoms. The highest BCUT2D eigenvalue weighted by atomic mass is 79.9. The summed E-state index contributed by atoms with van der Waals surface area (Å²) in [6.07, 6.45) is -0.353. The lowest BCUT2D eigenvalue weighted by atomic mass is 9.80. The molecule has 3 nitrogen and oxygen atoms in total. The molecule has 1 saturated heterocycles. The third kappa shape index (κ3) is 2.65. The van der Waals surface area contributed by atoms with Crippen molar-refractivity contribution >= 4 is 38.0 Å². The van der Waals surface area contributed by atoms with Crippen LogP contribution in [0.3, 0.4) is 0 Å². The molecule has 2 rings (SSSR count). The van der Waals surface area contributed by atoms with Gasteiger partial charge in [0.1, 0.15) is 6.61 Å². The maximum atomic E-state index is 11.3. The van der Waals surface area contributed by atoms with E-state index in [9.17, 15) is 4.79 Å². The molecule has 0 aromatic heterocycles. The van der Waals surface area contributed by atoms with Gasteiger partial charge in [-0.2, -0.15) is 0 Å². The predicted molar refractivity (Wildman–Crippen MR) is 72.8 cm³/mol. The number of alkyl carbamates (subject to hydrolysis) is 1. The Kier molecular flexibility index (Phi) is 3.50. The van der Waals surface area contributed by atoms with Gasteiger partial charge in [0.05, 0.1) is 6.04 Å². The van der Waals surface area contributed by atoms with E-state index in [4.69, 9.17) is 4.74 Å². The van der Waals surface area contributed by atoms with Gasteiger partial charge in [0.25, 0.3) is 0 Å². The topological polar surface area (TPSA) is 38.3 Å². The van der Waals surface area contributed by atoms with Gasteiger partial charge in [0.15, 0.2) is 0 Å². The van der Waals surface area contributed by atoms with Crippen LogP contribution in [0.2, 0.25) is 0 Å². The van der Waals surface area contributed by atoms with Crippen molar-refractivity contribution in [1.82, 2.24) is 5.32 Å². The van der Waals surface area contributed by atoms with Crippen LogP contribution < -0.4 is 5.32 Å². The van der Waals surface area contributed by atoms with E-state index in [2.05, 4.69) is 51.0 Å². The summed E-state index contributed by atoms with van der Waals surface area (Å²) in [5.41, 5.74) is 0.947. The highest BCUT2D eigenvalue weighted by molar-refractivity contribution is 9.13. The fraction of sp³-hybridized carbons (Fsp3) is 0.417. The summed E-state index contributed by atoms with van der Waals surface area (Å²) < 4.78 is 7.00. The Morgan fingerprint density at radius 3 is 2.71 bits per heavy atom. The SMILES string of the molecule is CC1(C)COC(=O)N[C@@H]1c1ccc(Br)c(Br)c1. The Balaban J connectivity index is 2.36. The number of ether oxygens (including phenoxy) is 1. The van der Waals surface area contributed by atoms with Crippen LogP contribution in [0, 0.1) is 5.41 Å². The molecule has 0 aliphatic carbocycles. The van der Waals surface area contributed by atoms with Crippen LogP contribution in [0.1, 0.15) is 25.5 Å². The number of amides is 1. The fourth-order valence-electron chi connectivity index (χ4n) is 1.92. The van der Waals surface area contributed by atoms with E-state index in [1.807, 2.05) is 18.2 Å². The molecule has 1 aliphatic heterocycles. The van der Waals surface area contributed by atoms with Crippen LogP contribution in [0.25, 0.3) is 0 Å². The highest BCUT2D eigenvalue weighted by Crippen LogP contribution is 2.38. The van der Waals surface area contributed by atoms with Crippen molar-refractivity contribution in [2.75, 3.05) is 6.61 Å². The number of halogens is 2. The molecule has 92 valence electrons.